The molecule has 1 aliphatic carbocycles. The zero-order valence-corrected chi connectivity index (χ0v) is 14.7. The molecular formula is C18H35NO4. The summed E-state index contributed by atoms with van der Waals surface area (Å²) in [6.07, 6.45) is 10.5. The first-order chi connectivity index (χ1) is 11.1. The van der Waals surface area contributed by atoms with E-state index in [9.17, 15) is 20.3 Å². The summed E-state index contributed by atoms with van der Waals surface area (Å²) < 4.78 is 0. The van der Waals surface area contributed by atoms with Crippen LogP contribution in [0.5, 0.6) is 0 Å². The molecule has 5 heteroatoms. The van der Waals surface area contributed by atoms with E-state index in [0.29, 0.717) is 12.8 Å². The van der Waals surface area contributed by atoms with Crippen molar-refractivity contribution in [3.63, 3.8) is 0 Å². The molecule has 4 atom stereocenters. The van der Waals surface area contributed by atoms with Crippen LogP contribution in [0.1, 0.15) is 84.0 Å². The topological polar surface area (TPSA) is 83.6 Å². The Morgan fingerprint density at radius 1 is 1.04 bits per heavy atom. The van der Waals surface area contributed by atoms with Gasteiger partial charge in [-0.05, 0) is 25.2 Å². The summed E-state index contributed by atoms with van der Waals surface area (Å²) in [6.45, 7) is 2.08. The molecule has 0 saturated heterocycles. The van der Waals surface area contributed by atoms with Crippen LogP contribution in [-0.4, -0.2) is 33.9 Å². The highest BCUT2D eigenvalue weighted by Gasteiger charge is 2.32. The maximum atomic E-state index is 11.4. The lowest BCUT2D eigenvalue weighted by molar-refractivity contribution is -0.526. The van der Waals surface area contributed by atoms with Crippen molar-refractivity contribution in [3.8, 4) is 0 Å². The Hall–Kier alpha value is -0.680. The summed E-state index contributed by atoms with van der Waals surface area (Å²) in [4.78, 5) is 11.2. The molecule has 0 aromatic carbocycles. The average molecular weight is 329 g/mol. The van der Waals surface area contributed by atoms with Crippen LogP contribution in [0.3, 0.4) is 0 Å². The van der Waals surface area contributed by atoms with Gasteiger partial charge in [-0.3, -0.25) is 10.1 Å². The van der Waals surface area contributed by atoms with Gasteiger partial charge in [-0.25, -0.2) is 0 Å². The molecule has 0 spiro atoms. The molecule has 2 unspecified atom stereocenters. The Labute approximate surface area is 140 Å². The standard InChI is InChI=1S/C18H35NO4/c1-2-3-10-15-13-17(19(22)23)12-9-7-5-4-6-8-11-16(14-20)18(15)21/h15-18,20-21H,2-14H2,1H3/t15?,16-,17?,18+/m1/s1. The van der Waals surface area contributed by atoms with Gasteiger partial charge in [0.1, 0.15) is 0 Å². The van der Waals surface area contributed by atoms with Crippen molar-refractivity contribution in [2.24, 2.45) is 11.8 Å². The summed E-state index contributed by atoms with van der Waals surface area (Å²) in [5, 5.41) is 31.8. The first-order valence-electron chi connectivity index (χ1n) is 9.52. The molecule has 1 fully saturated rings. The van der Waals surface area contributed by atoms with Crippen LogP contribution in [0.15, 0.2) is 0 Å². The zero-order valence-electron chi connectivity index (χ0n) is 14.7. The minimum absolute atomic E-state index is 0.0209. The summed E-state index contributed by atoms with van der Waals surface area (Å²) in [7, 11) is 0. The second kappa shape index (κ2) is 11.8. The monoisotopic (exact) mass is 329 g/mol. The lowest BCUT2D eigenvalue weighted by atomic mass is 9.81. The van der Waals surface area contributed by atoms with Gasteiger partial charge in [0.05, 0.1) is 6.10 Å². The SMILES string of the molecule is CCCCC1CC([N+](=O)[O-])CCCCCCCC[C@H](CO)[C@H]1O. The summed E-state index contributed by atoms with van der Waals surface area (Å²) in [6, 6.07) is -0.549. The largest absolute Gasteiger partial charge is 0.396 e. The summed E-state index contributed by atoms with van der Waals surface area (Å²) in [5.74, 6) is -0.201. The maximum absolute atomic E-state index is 11.4. The summed E-state index contributed by atoms with van der Waals surface area (Å²) in [5.41, 5.74) is 0. The van der Waals surface area contributed by atoms with Gasteiger partial charge in [0.25, 0.3) is 0 Å². The number of hydrogen-bond acceptors (Lipinski definition) is 4. The average Bonchev–Trinajstić information content (AvgIpc) is 2.55. The molecule has 0 amide bonds. The Kier molecular flexibility index (Phi) is 10.4. The highest BCUT2D eigenvalue weighted by atomic mass is 16.6. The third-order valence-corrected chi connectivity index (χ3v) is 5.36. The van der Waals surface area contributed by atoms with Crippen LogP contribution in [0.4, 0.5) is 0 Å². The minimum atomic E-state index is -0.616. The number of rotatable bonds is 5. The fourth-order valence-corrected chi connectivity index (χ4v) is 3.80. The van der Waals surface area contributed by atoms with E-state index in [1.54, 1.807) is 0 Å². The van der Waals surface area contributed by atoms with Crippen molar-refractivity contribution in [2.75, 3.05) is 6.61 Å². The fraction of sp³-hybridized carbons (Fsp3) is 1.00. The second-order valence-corrected chi connectivity index (χ2v) is 7.21. The van der Waals surface area contributed by atoms with Crippen LogP contribution < -0.4 is 0 Å². The molecular weight excluding hydrogens is 294 g/mol. The van der Waals surface area contributed by atoms with Crippen LogP contribution in [0, 0.1) is 22.0 Å². The van der Waals surface area contributed by atoms with Crippen molar-refractivity contribution in [1.29, 1.82) is 0 Å². The molecule has 0 aromatic rings. The fourth-order valence-electron chi connectivity index (χ4n) is 3.80. The lowest BCUT2D eigenvalue weighted by Gasteiger charge is -2.29. The molecule has 1 rings (SSSR count). The molecule has 0 heterocycles. The van der Waals surface area contributed by atoms with Crippen LogP contribution in [0.25, 0.3) is 0 Å². The molecule has 0 bridgehead atoms. The van der Waals surface area contributed by atoms with Crippen LogP contribution >= 0.6 is 0 Å². The summed E-state index contributed by atoms with van der Waals surface area (Å²) >= 11 is 0. The lowest BCUT2D eigenvalue weighted by Crippen LogP contribution is -2.35. The molecule has 0 aromatic heterocycles. The van der Waals surface area contributed by atoms with Crippen LogP contribution in [-0.2, 0) is 0 Å². The third kappa shape index (κ3) is 7.62. The highest BCUT2D eigenvalue weighted by molar-refractivity contribution is 4.79. The third-order valence-electron chi connectivity index (χ3n) is 5.36. The smallest absolute Gasteiger partial charge is 0.213 e. The molecule has 1 aliphatic rings. The van der Waals surface area contributed by atoms with Gasteiger partial charge in [-0.15, -0.1) is 0 Å². The van der Waals surface area contributed by atoms with Gasteiger partial charge in [-0.2, -0.15) is 0 Å². The van der Waals surface area contributed by atoms with Gasteiger partial charge < -0.3 is 10.2 Å². The van der Waals surface area contributed by atoms with Crippen molar-refractivity contribution in [3.05, 3.63) is 10.1 Å². The van der Waals surface area contributed by atoms with E-state index in [1.807, 2.05) is 0 Å². The quantitative estimate of drug-likeness (QED) is 0.591. The van der Waals surface area contributed by atoms with E-state index in [-0.39, 0.29) is 23.4 Å². The van der Waals surface area contributed by atoms with E-state index < -0.39 is 12.1 Å². The van der Waals surface area contributed by atoms with Crippen LogP contribution in [0.2, 0.25) is 0 Å². The van der Waals surface area contributed by atoms with Crippen molar-refractivity contribution in [2.45, 2.75) is 96.1 Å². The highest BCUT2D eigenvalue weighted by Crippen LogP contribution is 2.29. The molecule has 1 saturated carbocycles. The van der Waals surface area contributed by atoms with E-state index in [1.165, 1.54) is 0 Å². The number of hydrogen-bond donors (Lipinski definition) is 2. The van der Waals surface area contributed by atoms with E-state index in [4.69, 9.17) is 0 Å². The minimum Gasteiger partial charge on any atom is -0.396 e. The number of nitro groups is 1. The molecule has 2 N–H and O–H groups in total. The first-order valence-corrected chi connectivity index (χ1v) is 9.52. The van der Waals surface area contributed by atoms with E-state index in [2.05, 4.69) is 6.92 Å². The molecule has 0 aliphatic heterocycles. The van der Waals surface area contributed by atoms with Crippen molar-refractivity contribution < 1.29 is 15.1 Å². The zero-order chi connectivity index (χ0) is 17.1. The Bertz CT molecular complexity index is 324. The van der Waals surface area contributed by atoms with E-state index in [0.717, 1.165) is 64.2 Å². The second-order valence-electron chi connectivity index (χ2n) is 7.21. The first kappa shape index (κ1) is 20.4. The predicted octanol–water partition coefficient (Wildman–Crippen LogP) is 3.93. The van der Waals surface area contributed by atoms with Gasteiger partial charge in [0.15, 0.2) is 0 Å². The van der Waals surface area contributed by atoms with E-state index >= 15 is 0 Å². The predicted molar refractivity (Wildman–Crippen MR) is 91.9 cm³/mol. The Morgan fingerprint density at radius 3 is 2.22 bits per heavy atom. The Morgan fingerprint density at radius 2 is 1.65 bits per heavy atom. The molecule has 136 valence electrons. The van der Waals surface area contributed by atoms with Gasteiger partial charge in [-0.1, -0.05) is 51.9 Å². The van der Waals surface area contributed by atoms with Gasteiger partial charge in [0, 0.05) is 30.3 Å². The van der Waals surface area contributed by atoms with Gasteiger partial charge in [0.2, 0.25) is 6.04 Å². The molecule has 23 heavy (non-hydrogen) atoms. The number of aliphatic hydroxyl groups excluding tert-OH is 2. The number of nitrogens with zero attached hydrogens (tertiary/aromatic N) is 1. The van der Waals surface area contributed by atoms with Crippen molar-refractivity contribution in [1.82, 2.24) is 0 Å². The molecule has 0 radical (unpaired) electrons. The van der Waals surface area contributed by atoms with Gasteiger partial charge >= 0.3 is 0 Å². The van der Waals surface area contributed by atoms with Crippen molar-refractivity contribution >= 4 is 0 Å². The normalized spacial score (nSPS) is 31.6. The molecule has 5 nitrogen and oxygen atoms in total. The Balaban J connectivity index is 2.83. The number of aliphatic hydroxyl groups is 2. The number of unbranched alkanes of at least 4 members (excludes halogenated alkanes) is 1. The maximum Gasteiger partial charge on any atom is 0.213 e.